The van der Waals surface area contributed by atoms with E-state index in [2.05, 4.69) is 47.1 Å². The number of ether oxygens (including phenoxy) is 2. The van der Waals surface area contributed by atoms with Crippen LogP contribution in [0.2, 0.25) is 0 Å². The van der Waals surface area contributed by atoms with Crippen LogP contribution in [0.5, 0.6) is 0 Å². The SMILES string of the molecule is COCc1cccc(CNc2nc(COC)nc3scc(-c4ccccc4)c23)c1. The molecule has 4 rings (SSSR count). The summed E-state index contributed by atoms with van der Waals surface area (Å²) in [5.74, 6) is 1.51. The Morgan fingerprint density at radius 1 is 0.897 bits per heavy atom. The van der Waals surface area contributed by atoms with Gasteiger partial charge in [0.1, 0.15) is 17.3 Å². The van der Waals surface area contributed by atoms with Crippen LogP contribution in [0.4, 0.5) is 5.82 Å². The molecule has 0 radical (unpaired) electrons. The van der Waals surface area contributed by atoms with E-state index in [1.807, 2.05) is 18.2 Å². The average molecular weight is 406 g/mol. The topological polar surface area (TPSA) is 56.3 Å². The van der Waals surface area contributed by atoms with Crippen molar-refractivity contribution in [3.05, 3.63) is 76.9 Å². The number of nitrogens with zero attached hydrogens (tertiary/aromatic N) is 2. The molecule has 148 valence electrons. The van der Waals surface area contributed by atoms with E-state index in [4.69, 9.17) is 19.4 Å². The third-order valence-corrected chi connectivity index (χ3v) is 5.47. The van der Waals surface area contributed by atoms with Crippen molar-refractivity contribution in [3.8, 4) is 11.1 Å². The Labute approximate surface area is 174 Å². The van der Waals surface area contributed by atoms with Crippen molar-refractivity contribution in [1.82, 2.24) is 9.97 Å². The third kappa shape index (κ3) is 4.45. The fourth-order valence-corrected chi connectivity index (χ4v) is 4.29. The summed E-state index contributed by atoms with van der Waals surface area (Å²) in [7, 11) is 3.37. The molecule has 2 heterocycles. The minimum Gasteiger partial charge on any atom is -0.380 e. The normalized spacial score (nSPS) is 11.1. The van der Waals surface area contributed by atoms with Gasteiger partial charge in [-0.3, -0.25) is 0 Å². The van der Waals surface area contributed by atoms with Crippen molar-refractivity contribution in [2.45, 2.75) is 19.8 Å². The monoisotopic (exact) mass is 405 g/mol. The van der Waals surface area contributed by atoms with Crippen molar-refractivity contribution in [1.29, 1.82) is 0 Å². The molecule has 0 aliphatic heterocycles. The molecular weight excluding hydrogens is 382 g/mol. The quantitative estimate of drug-likeness (QED) is 0.433. The molecule has 0 saturated heterocycles. The van der Waals surface area contributed by atoms with Gasteiger partial charge in [0.15, 0.2) is 5.82 Å². The number of hydrogen-bond acceptors (Lipinski definition) is 6. The maximum atomic E-state index is 5.27. The first-order valence-corrected chi connectivity index (χ1v) is 10.3. The number of benzene rings is 2. The van der Waals surface area contributed by atoms with Crippen LogP contribution in [-0.4, -0.2) is 24.2 Å². The molecule has 6 heteroatoms. The molecule has 0 unspecified atom stereocenters. The van der Waals surface area contributed by atoms with Crippen LogP contribution in [0.3, 0.4) is 0 Å². The van der Waals surface area contributed by atoms with Crippen molar-refractivity contribution < 1.29 is 9.47 Å². The van der Waals surface area contributed by atoms with Crippen LogP contribution in [0.1, 0.15) is 17.0 Å². The van der Waals surface area contributed by atoms with Gasteiger partial charge in [0.05, 0.1) is 12.0 Å². The molecule has 5 nitrogen and oxygen atoms in total. The first-order valence-electron chi connectivity index (χ1n) is 9.41. The van der Waals surface area contributed by atoms with E-state index in [0.717, 1.165) is 32.7 Å². The fourth-order valence-electron chi connectivity index (χ4n) is 3.32. The molecule has 0 bridgehead atoms. The summed E-state index contributed by atoms with van der Waals surface area (Å²) in [5, 5.41) is 6.73. The predicted octanol–water partition coefficient (Wildman–Crippen LogP) is 5.26. The van der Waals surface area contributed by atoms with E-state index >= 15 is 0 Å². The highest BCUT2D eigenvalue weighted by Gasteiger charge is 2.15. The molecule has 0 saturated carbocycles. The van der Waals surface area contributed by atoms with Crippen LogP contribution in [0.15, 0.2) is 60.0 Å². The summed E-state index contributed by atoms with van der Waals surface area (Å²) in [4.78, 5) is 10.4. The van der Waals surface area contributed by atoms with Crippen molar-refractivity contribution in [2.75, 3.05) is 19.5 Å². The Balaban J connectivity index is 1.71. The second kappa shape index (κ2) is 9.13. The molecule has 0 amide bonds. The van der Waals surface area contributed by atoms with E-state index in [1.54, 1.807) is 25.6 Å². The summed E-state index contributed by atoms with van der Waals surface area (Å²) in [5.41, 5.74) is 4.63. The first kappa shape index (κ1) is 19.5. The molecule has 0 spiro atoms. The summed E-state index contributed by atoms with van der Waals surface area (Å²) in [6.45, 7) is 1.65. The van der Waals surface area contributed by atoms with Crippen molar-refractivity contribution >= 4 is 27.4 Å². The maximum absolute atomic E-state index is 5.27. The number of rotatable bonds is 8. The number of fused-ring (bicyclic) bond motifs is 1. The molecule has 0 fully saturated rings. The van der Waals surface area contributed by atoms with Crippen LogP contribution >= 0.6 is 11.3 Å². The number of thiophene rings is 1. The lowest BCUT2D eigenvalue weighted by Gasteiger charge is -2.11. The van der Waals surface area contributed by atoms with Gasteiger partial charge in [-0.2, -0.15) is 0 Å². The smallest absolute Gasteiger partial charge is 0.158 e. The Bertz CT molecular complexity index is 1100. The fraction of sp³-hybridized carbons (Fsp3) is 0.217. The van der Waals surface area contributed by atoms with Gasteiger partial charge in [-0.1, -0.05) is 54.6 Å². The van der Waals surface area contributed by atoms with Crippen LogP contribution in [0.25, 0.3) is 21.3 Å². The summed E-state index contributed by atoms with van der Waals surface area (Å²) >= 11 is 1.63. The summed E-state index contributed by atoms with van der Waals surface area (Å²) in [6.07, 6.45) is 0. The summed E-state index contributed by atoms with van der Waals surface area (Å²) < 4.78 is 10.5. The minimum absolute atomic E-state index is 0.381. The molecule has 29 heavy (non-hydrogen) atoms. The molecule has 1 N–H and O–H groups in total. The van der Waals surface area contributed by atoms with Gasteiger partial charge in [-0.15, -0.1) is 11.3 Å². The van der Waals surface area contributed by atoms with E-state index in [9.17, 15) is 0 Å². The molecule has 0 aliphatic carbocycles. The number of aromatic nitrogens is 2. The van der Waals surface area contributed by atoms with E-state index in [-0.39, 0.29) is 0 Å². The standard InChI is InChI=1S/C23H23N3O2S/c1-27-13-17-8-6-7-16(11-17)12-24-22-21-19(18-9-4-3-5-10-18)15-29-23(21)26-20(25-22)14-28-2/h3-11,15H,12-14H2,1-2H3,(H,24,25,26). The van der Waals surface area contributed by atoms with Gasteiger partial charge < -0.3 is 14.8 Å². The highest BCUT2D eigenvalue weighted by molar-refractivity contribution is 7.17. The molecule has 4 aromatic rings. The highest BCUT2D eigenvalue weighted by atomic mass is 32.1. The van der Waals surface area contributed by atoms with E-state index in [1.165, 1.54) is 5.56 Å². The van der Waals surface area contributed by atoms with Gasteiger partial charge in [-0.05, 0) is 16.7 Å². The second-order valence-corrected chi connectivity index (χ2v) is 7.58. The van der Waals surface area contributed by atoms with Gasteiger partial charge in [0.2, 0.25) is 0 Å². The lowest BCUT2D eigenvalue weighted by molar-refractivity contribution is 0.178. The molecule has 2 aromatic heterocycles. The molecule has 0 atom stereocenters. The first-order chi connectivity index (χ1) is 14.3. The second-order valence-electron chi connectivity index (χ2n) is 6.72. The Kier molecular flexibility index (Phi) is 6.14. The Hall–Kier alpha value is -2.80. The highest BCUT2D eigenvalue weighted by Crippen LogP contribution is 2.37. The summed E-state index contributed by atoms with van der Waals surface area (Å²) in [6, 6.07) is 18.7. The minimum atomic E-state index is 0.381. The predicted molar refractivity (Wildman–Crippen MR) is 118 cm³/mol. The Morgan fingerprint density at radius 2 is 1.69 bits per heavy atom. The van der Waals surface area contributed by atoms with Gasteiger partial charge in [0, 0.05) is 31.7 Å². The van der Waals surface area contributed by atoms with Gasteiger partial charge in [0.25, 0.3) is 0 Å². The molecule has 2 aromatic carbocycles. The number of methoxy groups -OCH3 is 2. The molecular formula is C23H23N3O2S. The molecule has 0 aliphatic rings. The van der Waals surface area contributed by atoms with Crippen LogP contribution in [-0.2, 0) is 29.2 Å². The van der Waals surface area contributed by atoms with Gasteiger partial charge >= 0.3 is 0 Å². The third-order valence-electron chi connectivity index (χ3n) is 4.60. The number of nitrogens with one attached hydrogen (secondary N) is 1. The van der Waals surface area contributed by atoms with Crippen LogP contribution < -0.4 is 5.32 Å². The lowest BCUT2D eigenvalue weighted by atomic mass is 10.1. The maximum Gasteiger partial charge on any atom is 0.158 e. The zero-order chi connectivity index (χ0) is 20.1. The zero-order valence-corrected chi connectivity index (χ0v) is 17.3. The zero-order valence-electron chi connectivity index (χ0n) is 16.5. The van der Waals surface area contributed by atoms with E-state index in [0.29, 0.717) is 25.6 Å². The lowest BCUT2D eigenvalue weighted by Crippen LogP contribution is -2.06. The number of anilines is 1. The van der Waals surface area contributed by atoms with Gasteiger partial charge in [-0.25, -0.2) is 9.97 Å². The van der Waals surface area contributed by atoms with Crippen molar-refractivity contribution in [3.63, 3.8) is 0 Å². The largest absolute Gasteiger partial charge is 0.380 e. The average Bonchev–Trinajstić information content (AvgIpc) is 3.18. The Morgan fingerprint density at radius 3 is 2.48 bits per heavy atom. The number of hydrogen-bond donors (Lipinski definition) is 1. The van der Waals surface area contributed by atoms with Crippen molar-refractivity contribution in [2.24, 2.45) is 0 Å². The van der Waals surface area contributed by atoms with Crippen LogP contribution in [0, 0.1) is 0 Å². The van der Waals surface area contributed by atoms with E-state index < -0.39 is 0 Å².